The van der Waals surface area contributed by atoms with Gasteiger partial charge in [0.2, 0.25) is 0 Å². The first-order valence-corrected chi connectivity index (χ1v) is 7.93. The molecule has 2 amide bonds. The highest BCUT2D eigenvalue weighted by molar-refractivity contribution is 5.74. The third-order valence-corrected chi connectivity index (χ3v) is 4.36. The van der Waals surface area contributed by atoms with Gasteiger partial charge in [0.25, 0.3) is 0 Å². The smallest absolute Gasteiger partial charge is 0.320 e. The maximum absolute atomic E-state index is 12.3. The fraction of sp³-hybridized carbons (Fsp3) is 0.316. The van der Waals surface area contributed by atoms with Crippen molar-refractivity contribution in [2.75, 3.05) is 13.3 Å². The molecule has 1 heterocycles. The summed E-state index contributed by atoms with van der Waals surface area (Å²) < 4.78 is 5.61. The van der Waals surface area contributed by atoms with Gasteiger partial charge >= 0.3 is 6.03 Å². The minimum absolute atomic E-state index is 0.0802. The Bertz CT molecular complexity index is 712. The van der Waals surface area contributed by atoms with E-state index in [1.807, 2.05) is 42.2 Å². The van der Waals surface area contributed by atoms with Crippen molar-refractivity contribution in [2.24, 2.45) is 0 Å². The molecule has 1 aliphatic rings. The Hall–Kier alpha value is -2.49. The summed E-state index contributed by atoms with van der Waals surface area (Å²) in [5.41, 5.74) is 4.97. The molecule has 1 N–H and O–H groups in total. The van der Waals surface area contributed by atoms with Crippen LogP contribution in [0.2, 0.25) is 0 Å². The molecule has 0 bridgehead atoms. The van der Waals surface area contributed by atoms with Crippen LogP contribution < -0.4 is 10.1 Å². The Balaban J connectivity index is 1.51. The predicted octanol–water partition coefficient (Wildman–Crippen LogP) is 3.41. The first-order valence-electron chi connectivity index (χ1n) is 7.93. The van der Waals surface area contributed by atoms with Gasteiger partial charge in [0.15, 0.2) is 6.73 Å². The van der Waals surface area contributed by atoms with Crippen molar-refractivity contribution in [3.63, 3.8) is 0 Å². The molecule has 0 fully saturated rings. The number of benzene rings is 2. The highest BCUT2D eigenvalue weighted by Gasteiger charge is 2.19. The highest BCUT2D eigenvalue weighted by Crippen LogP contribution is 2.18. The van der Waals surface area contributed by atoms with E-state index in [0.717, 1.165) is 18.7 Å². The van der Waals surface area contributed by atoms with Gasteiger partial charge < -0.3 is 15.0 Å². The number of amides is 2. The fourth-order valence-electron chi connectivity index (χ4n) is 2.77. The van der Waals surface area contributed by atoms with Crippen molar-refractivity contribution >= 4 is 6.03 Å². The number of carbonyl (C=O) groups is 1. The number of fused-ring (bicyclic) bond motifs is 1. The average molecular weight is 310 g/mol. The van der Waals surface area contributed by atoms with Gasteiger partial charge in [-0.3, -0.25) is 0 Å². The summed E-state index contributed by atoms with van der Waals surface area (Å²) in [6.45, 7) is 5.69. The van der Waals surface area contributed by atoms with Crippen LogP contribution in [0.3, 0.4) is 0 Å². The minimum Gasteiger partial charge on any atom is -0.473 e. The molecule has 0 spiro atoms. The summed E-state index contributed by atoms with van der Waals surface area (Å²) in [6, 6.07) is 14.1. The molecule has 0 aliphatic carbocycles. The molecule has 0 saturated carbocycles. The van der Waals surface area contributed by atoms with Crippen molar-refractivity contribution in [3.05, 3.63) is 64.7 Å². The van der Waals surface area contributed by atoms with Crippen LogP contribution in [0.4, 0.5) is 4.79 Å². The second-order valence-corrected chi connectivity index (χ2v) is 5.96. The Morgan fingerprint density at radius 1 is 1.13 bits per heavy atom. The molecule has 0 saturated heterocycles. The first kappa shape index (κ1) is 15.4. The van der Waals surface area contributed by atoms with E-state index in [9.17, 15) is 4.79 Å². The largest absolute Gasteiger partial charge is 0.473 e. The lowest BCUT2D eigenvalue weighted by Crippen LogP contribution is -2.43. The van der Waals surface area contributed by atoms with Gasteiger partial charge in [0, 0.05) is 13.1 Å². The number of nitrogens with one attached hydrogen (secondary N) is 1. The van der Waals surface area contributed by atoms with Crippen molar-refractivity contribution in [1.82, 2.24) is 10.2 Å². The van der Waals surface area contributed by atoms with Gasteiger partial charge in [-0.15, -0.1) is 0 Å². The number of hydrogen-bond donors (Lipinski definition) is 1. The zero-order chi connectivity index (χ0) is 16.2. The van der Waals surface area contributed by atoms with Crippen LogP contribution in [0, 0.1) is 13.8 Å². The molecule has 0 unspecified atom stereocenters. The quantitative estimate of drug-likeness (QED) is 0.883. The summed E-state index contributed by atoms with van der Waals surface area (Å²) in [4.78, 5) is 14.1. The Morgan fingerprint density at radius 3 is 2.70 bits per heavy atom. The van der Waals surface area contributed by atoms with Gasteiger partial charge in [-0.05, 0) is 54.7 Å². The molecule has 120 valence electrons. The van der Waals surface area contributed by atoms with Crippen molar-refractivity contribution < 1.29 is 9.53 Å². The van der Waals surface area contributed by atoms with Crippen LogP contribution in [0.5, 0.6) is 5.75 Å². The SMILES string of the molecule is Cc1ccc(OCNC(=O)N2CCc3ccccc3C2)cc1C. The normalized spacial score (nSPS) is 13.4. The van der Waals surface area contributed by atoms with E-state index in [2.05, 4.69) is 24.4 Å². The number of aryl methyl sites for hydroxylation is 2. The van der Waals surface area contributed by atoms with Crippen LogP contribution in [-0.2, 0) is 13.0 Å². The molecule has 4 nitrogen and oxygen atoms in total. The lowest BCUT2D eigenvalue weighted by atomic mass is 10.0. The maximum Gasteiger partial charge on any atom is 0.320 e. The first-order chi connectivity index (χ1) is 11.1. The van der Waals surface area contributed by atoms with Gasteiger partial charge in [-0.2, -0.15) is 0 Å². The number of hydrogen-bond acceptors (Lipinski definition) is 2. The zero-order valence-corrected chi connectivity index (χ0v) is 13.6. The lowest BCUT2D eigenvalue weighted by molar-refractivity contribution is 0.179. The molecule has 2 aromatic carbocycles. The monoisotopic (exact) mass is 310 g/mol. The van der Waals surface area contributed by atoms with Crippen molar-refractivity contribution in [1.29, 1.82) is 0 Å². The Labute approximate surface area is 137 Å². The molecule has 0 aromatic heterocycles. The summed E-state index contributed by atoms with van der Waals surface area (Å²) >= 11 is 0. The second-order valence-electron chi connectivity index (χ2n) is 5.96. The van der Waals surface area contributed by atoms with E-state index >= 15 is 0 Å². The van der Waals surface area contributed by atoms with Gasteiger partial charge in [-0.25, -0.2) is 4.79 Å². The summed E-state index contributed by atoms with van der Waals surface area (Å²) in [7, 11) is 0. The van der Waals surface area contributed by atoms with Crippen molar-refractivity contribution in [2.45, 2.75) is 26.8 Å². The van der Waals surface area contributed by atoms with Crippen LogP contribution in [0.15, 0.2) is 42.5 Å². The fourth-order valence-corrected chi connectivity index (χ4v) is 2.77. The standard InChI is InChI=1S/C19H22N2O2/c1-14-7-8-18(11-15(14)2)23-13-20-19(22)21-10-9-16-5-3-4-6-17(16)12-21/h3-8,11H,9-10,12-13H2,1-2H3,(H,20,22). The van der Waals surface area contributed by atoms with E-state index in [-0.39, 0.29) is 12.8 Å². The molecule has 0 atom stereocenters. The van der Waals surface area contributed by atoms with Gasteiger partial charge in [0.1, 0.15) is 5.75 Å². The van der Waals surface area contributed by atoms with Crippen LogP contribution in [0.25, 0.3) is 0 Å². The van der Waals surface area contributed by atoms with E-state index in [1.54, 1.807) is 0 Å². The predicted molar refractivity (Wildman–Crippen MR) is 90.5 cm³/mol. The molecular weight excluding hydrogens is 288 g/mol. The van der Waals surface area contributed by atoms with E-state index in [4.69, 9.17) is 4.74 Å². The lowest BCUT2D eigenvalue weighted by Gasteiger charge is -2.28. The Kier molecular flexibility index (Phi) is 4.51. The number of rotatable bonds is 3. The topological polar surface area (TPSA) is 41.6 Å². The Morgan fingerprint density at radius 2 is 1.91 bits per heavy atom. The molecular formula is C19H22N2O2. The second kappa shape index (κ2) is 6.73. The minimum atomic E-state index is -0.0802. The molecule has 3 rings (SSSR count). The van der Waals surface area contributed by atoms with E-state index < -0.39 is 0 Å². The zero-order valence-electron chi connectivity index (χ0n) is 13.6. The van der Waals surface area contributed by atoms with Gasteiger partial charge in [-0.1, -0.05) is 30.3 Å². The third kappa shape index (κ3) is 3.65. The van der Waals surface area contributed by atoms with E-state index in [0.29, 0.717) is 6.54 Å². The molecule has 2 aromatic rings. The number of carbonyl (C=O) groups excluding carboxylic acids is 1. The number of nitrogens with zero attached hydrogens (tertiary/aromatic N) is 1. The third-order valence-electron chi connectivity index (χ3n) is 4.36. The number of urea groups is 1. The molecule has 23 heavy (non-hydrogen) atoms. The average Bonchev–Trinajstić information content (AvgIpc) is 2.57. The van der Waals surface area contributed by atoms with E-state index in [1.165, 1.54) is 22.3 Å². The maximum atomic E-state index is 12.3. The molecule has 0 radical (unpaired) electrons. The summed E-state index contributed by atoms with van der Waals surface area (Å²) in [5, 5.41) is 2.83. The van der Waals surface area contributed by atoms with Gasteiger partial charge in [0.05, 0.1) is 0 Å². The van der Waals surface area contributed by atoms with Crippen molar-refractivity contribution in [3.8, 4) is 5.75 Å². The summed E-state index contributed by atoms with van der Waals surface area (Å²) in [6.07, 6.45) is 0.904. The van der Waals surface area contributed by atoms with Crippen LogP contribution >= 0.6 is 0 Å². The number of ether oxygens (including phenoxy) is 1. The van der Waals surface area contributed by atoms with Crippen LogP contribution in [0.1, 0.15) is 22.3 Å². The molecule has 1 aliphatic heterocycles. The highest BCUT2D eigenvalue weighted by atomic mass is 16.5. The summed E-state index contributed by atoms with van der Waals surface area (Å²) in [5.74, 6) is 0.775. The van der Waals surface area contributed by atoms with Crippen LogP contribution in [-0.4, -0.2) is 24.2 Å². The molecule has 4 heteroatoms.